The molecule has 3 aromatic carbocycles. The molecule has 0 aliphatic carbocycles. The van der Waals surface area contributed by atoms with Crippen LogP contribution in [0.3, 0.4) is 0 Å². The van der Waals surface area contributed by atoms with E-state index in [1.54, 1.807) is 36.4 Å². The highest BCUT2D eigenvalue weighted by Crippen LogP contribution is 2.43. The number of rotatable bonds is 3. The Labute approximate surface area is 212 Å². The van der Waals surface area contributed by atoms with Gasteiger partial charge in [-0.1, -0.05) is 59.6 Å². The number of nitriles is 1. The number of H-pyrrole nitrogens is 1. The molecule has 36 heavy (non-hydrogen) atoms. The first kappa shape index (κ1) is 23.7. The topological polar surface area (TPSA) is 73.9 Å². The predicted molar refractivity (Wildman–Crippen MR) is 132 cm³/mol. The molecule has 178 valence electrons. The molecular weight excluding hydrogens is 512 g/mol. The van der Waals surface area contributed by atoms with Gasteiger partial charge in [0.1, 0.15) is 0 Å². The largest absolute Gasteiger partial charge is 0.417 e. The summed E-state index contributed by atoms with van der Waals surface area (Å²) in [6.45, 7) is 0. The van der Waals surface area contributed by atoms with Gasteiger partial charge in [-0.3, -0.25) is 9.89 Å². The number of fused-ring (bicyclic) bond motifs is 1. The minimum atomic E-state index is -4.65. The summed E-state index contributed by atoms with van der Waals surface area (Å²) < 4.78 is 42.8. The Kier molecular flexibility index (Phi) is 5.83. The quantitative estimate of drug-likeness (QED) is 0.270. The lowest BCUT2D eigenvalue weighted by Crippen LogP contribution is -2.14. The van der Waals surface area contributed by atoms with Gasteiger partial charge in [0.05, 0.1) is 39.2 Å². The second-order valence-corrected chi connectivity index (χ2v) is 8.70. The molecule has 0 fully saturated rings. The van der Waals surface area contributed by atoms with E-state index in [9.17, 15) is 18.0 Å². The SMILES string of the molecule is N#Cc1ccc(-c2cc(=O)n3[nH]c(-c4ccccc4C(F)(F)F)c(-c4ccc(Cl)cc4Cl)c3n2)cc1. The molecule has 0 aliphatic rings. The van der Waals surface area contributed by atoms with Crippen molar-refractivity contribution in [2.45, 2.75) is 6.18 Å². The van der Waals surface area contributed by atoms with Crippen LogP contribution in [0.5, 0.6) is 0 Å². The van der Waals surface area contributed by atoms with Crippen molar-refractivity contribution in [3.05, 3.63) is 104 Å². The molecule has 5 nitrogen and oxygen atoms in total. The highest BCUT2D eigenvalue weighted by molar-refractivity contribution is 6.36. The Hall–Kier alpha value is -4.06. The maximum Gasteiger partial charge on any atom is 0.417 e. The number of aromatic nitrogens is 3. The third-order valence-electron chi connectivity index (χ3n) is 5.63. The number of nitrogens with one attached hydrogen (secondary N) is 1. The lowest BCUT2D eigenvalue weighted by Gasteiger charge is -2.13. The molecule has 0 saturated carbocycles. The van der Waals surface area contributed by atoms with E-state index in [1.807, 2.05) is 6.07 Å². The fourth-order valence-corrected chi connectivity index (χ4v) is 4.49. The second kappa shape index (κ2) is 8.86. The van der Waals surface area contributed by atoms with Crippen molar-refractivity contribution >= 4 is 28.8 Å². The molecule has 2 heterocycles. The van der Waals surface area contributed by atoms with Crippen molar-refractivity contribution in [1.82, 2.24) is 14.6 Å². The Bertz CT molecular complexity index is 1730. The minimum absolute atomic E-state index is 0.0220. The van der Waals surface area contributed by atoms with Gasteiger partial charge in [-0.15, -0.1) is 0 Å². The molecule has 0 radical (unpaired) electrons. The van der Waals surface area contributed by atoms with Crippen LogP contribution in [0.15, 0.2) is 77.6 Å². The number of aromatic amines is 1. The van der Waals surface area contributed by atoms with E-state index >= 15 is 0 Å². The Morgan fingerprint density at radius 1 is 0.944 bits per heavy atom. The smallest absolute Gasteiger partial charge is 0.288 e. The first-order valence-electron chi connectivity index (χ1n) is 10.5. The van der Waals surface area contributed by atoms with Crippen molar-refractivity contribution in [3.63, 3.8) is 0 Å². The van der Waals surface area contributed by atoms with E-state index in [0.29, 0.717) is 21.7 Å². The molecule has 0 unspecified atom stereocenters. The van der Waals surface area contributed by atoms with E-state index in [-0.39, 0.29) is 33.2 Å². The lowest BCUT2D eigenvalue weighted by atomic mass is 9.97. The summed E-state index contributed by atoms with van der Waals surface area (Å²) in [5.74, 6) is 0. The number of hydrogen-bond acceptors (Lipinski definition) is 3. The van der Waals surface area contributed by atoms with Crippen LogP contribution in [-0.4, -0.2) is 14.6 Å². The first-order chi connectivity index (χ1) is 17.2. The van der Waals surface area contributed by atoms with Crippen molar-refractivity contribution in [2.24, 2.45) is 0 Å². The number of nitrogens with zero attached hydrogens (tertiary/aromatic N) is 3. The van der Waals surface area contributed by atoms with Crippen LogP contribution >= 0.6 is 23.2 Å². The normalized spacial score (nSPS) is 11.6. The average molecular weight is 525 g/mol. The average Bonchev–Trinajstić information content (AvgIpc) is 3.23. The summed E-state index contributed by atoms with van der Waals surface area (Å²) in [5.41, 5.74) is 0.326. The summed E-state index contributed by atoms with van der Waals surface area (Å²) in [6, 6.07) is 19.3. The Morgan fingerprint density at radius 3 is 2.33 bits per heavy atom. The van der Waals surface area contributed by atoms with Crippen LogP contribution < -0.4 is 5.56 Å². The predicted octanol–water partition coefficient (Wildman–Crippen LogP) is 7.22. The molecule has 10 heteroatoms. The monoisotopic (exact) mass is 524 g/mol. The molecular formula is C26H13Cl2F3N4O. The Balaban J connectivity index is 1.87. The highest BCUT2D eigenvalue weighted by atomic mass is 35.5. The molecule has 0 atom stereocenters. The van der Waals surface area contributed by atoms with Gasteiger partial charge in [0, 0.05) is 27.8 Å². The molecule has 2 aromatic heterocycles. The van der Waals surface area contributed by atoms with Crippen molar-refractivity contribution in [1.29, 1.82) is 5.26 Å². The van der Waals surface area contributed by atoms with Gasteiger partial charge in [0.2, 0.25) is 0 Å². The Morgan fingerprint density at radius 2 is 1.67 bits per heavy atom. The number of alkyl halides is 3. The number of benzene rings is 3. The van der Waals surface area contributed by atoms with Crippen molar-refractivity contribution in [2.75, 3.05) is 0 Å². The summed E-state index contributed by atoms with van der Waals surface area (Å²) in [6.07, 6.45) is -4.65. The molecule has 5 rings (SSSR count). The highest BCUT2D eigenvalue weighted by Gasteiger charge is 2.35. The van der Waals surface area contributed by atoms with Gasteiger partial charge in [0.25, 0.3) is 5.56 Å². The van der Waals surface area contributed by atoms with Gasteiger partial charge in [-0.25, -0.2) is 9.50 Å². The van der Waals surface area contributed by atoms with E-state index in [2.05, 4.69) is 10.1 Å². The molecule has 5 aromatic rings. The van der Waals surface area contributed by atoms with Crippen molar-refractivity contribution in [3.8, 4) is 39.7 Å². The zero-order valence-electron chi connectivity index (χ0n) is 18.1. The fraction of sp³-hybridized carbons (Fsp3) is 0.0385. The molecule has 0 aliphatic heterocycles. The maximum atomic E-state index is 13.9. The van der Waals surface area contributed by atoms with Gasteiger partial charge in [-0.2, -0.15) is 18.4 Å². The molecule has 0 saturated heterocycles. The summed E-state index contributed by atoms with van der Waals surface area (Å²) in [7, 11) is 0. The minimum Gasteiger partial charge on any atom is -0.288 e. The zero-order chi connectivity index (χ0) is 25.6. The van der Waals surface area contributed by atoms with Crippen LogP contribution in [0.4, 0.5) is 13.2 Å². The van der Waals surface area contributed by atoms with Crippen LogP contribution in [0, 0.1) is 11.3 Å². The summed E-state index contributed by atoms with van der Waals surface area (Å²) in [5, 5.41) is 12.4. The van der Waals surface area contributed by atoms with E-state index in [4.69, 9.17) is 28.5 Å². The second-order valence-electron chi connectivity index (χ2n) is 7.86. The fourth-order valence-electron chi connectivity index (χ4n) is 3.99. The molecule has 0 amide bonds. The van der Waals surface area contributed by atoms with Gasteiger partial charge in [0.15, 0.2) is 5.65 Å². The molecule has 0 spiro atoms. The van der Waals surface area contributed by atoms with Crippen LogP contribution in [0.1, 0.15) is 11.1 Å². The number of hydrogen-bond donors (Lipinski definition) is 1. The summed E-state index contributed by atoms with van der Waals surface area (Å²) >= 11 is 12.5. The molecule has 1 N–H and O–H groups in total. The maximum absolute atomic E-state index is 13.9. The summed E-state index contributed by atoms with van der Waals surface area (Å²) in [4.78, 5) is 17.7. The van der Waals surface area contributed by atoms with E-state index in [0.717, 1.165) is 10.6 Å². The zero-order valence-corrected chi connectivity index (χ0v) is 19.6. The standard InChI is InChI=1S/C26H13Cl2F3N4O/c27-16-9-10-18(20(28)11-16)23-24(17-3-1-2-4-19(17)26(29,30)31)34-35-22(36)12-21(33-25(23)35)15-7-5-14(13-32)6-8-15/h1-12,34H. The van der Waals surface area contributed by atoms with Crippen molar-refractivity contribution < 1.29 is 13.2 Å². The van der Waals surface area contributed by atoms with Crippen LogP contribution in [-0.2, 0) is 6.18 Å². The first-order valence-corrected chi connectivity index (χ1v) is 11.2. The van der Waals surface area contributed by atoms with Crippen LogP contribution in [0.25, 0.3) is 39.3 Å². The van der Waals surface area contributed by atoms with E-state index in [1.165, 1.54) is 30.3 Å². The van der Waals surface area contributed by atoms with Crippen LogP contribution in [0.2, 0.25) is 10.0 Å². The lowest BCUT2D eigenvalue weighted by molar-refractivity contribution is -0.137. The van der Waals surface area contributed by atoms with Gasteiger partial charge >= 0.3 is 6.18 Å². The van der Waals surface area contributed by atoms with Gasteiger partial charge < -0.3 is 0 Å². The van der Waals surface area contributed by atoms with Gasteiger partial charge in [-0.05, 0) is 30.3 Å². The third-order valence-corrected chi connectivity index (χ3v) is 6.18. The molecule has 0 bridgehead atoms. The number of halogens is 5. The third kappa shape index (κ3) is 4.13. The van der Waals surface area contributed by atoms with E-state index < -0.39 is 17.3 Å².